The number of allylic oxidation sites excluding steroid dienone is 1. The van der Waals surface area contributed by atoms with E-state index in [-0.39, 0.29) is 23.0 Å². The number of para-hydroxylation sites is 1. The molecule has 0 spiro atoms. The Labute approximate surface area is 177 Å². The van der Waals surface area contributed by atoms with Crippen LogP contribution in [-0.4, -0.2) is 28.9 Å². The minimum atomic E-state index is -0.745. The van der Waals surface area contributed by atoms with Crippen molar-refractivity contribution in [2.75, 3.05) is 0 Å². The molecule has 0 saturated heterocycles. The number of fused-ring (bicyclic) bond motifs is 1. The number of carbonyl (C=O) groups is 2. The Bertz CT molecular complexity index is 1030. The van der Waals surface area contributed by atoms with Crippen molar-refractivity contribution in [1.29, 1.82) is 0 Å². The van der Waals surface area contributed by atoms with E-state index in [1.165, 1.54) is 24.5 Å². The minimum Gasteiger partial charge on any atom is -0.496 e. The van der Waals surface area contributed by atoms with Crippen LogP contribution in [0.25, 0.3) is 5.57 Å². The summed E-state index contributed by atoms with van der Waals surface area (Å²) in [5.41, 5.74) is 0.863. The molecule has 0 amide bonds. The molecule has 2 aromatic rings. The van der Waals surface area contributed by atoms with Gasteiger partial charge in [-0.05, 0) is 36.6 Å². The number of nitro groups is 1. The van der Waals surface area contributed by atoms with Gasteiger partial charge in [0.1, 0.15) is 17.8 Å². The van der Waals surface area contributed by atoms with Gasteiger partial charge >= 0.3 is 5.97 Å². The van der Waals surface area contributed by atoms with Crippen molar-refractivity contribution in [3.05, 3.63) is 81.1 Å². The largest absolute Gasteiger partial charge is 0.496 e. The predicted octanol–water partition coefficient (Wildman–Crippen LogP) is 4.58. The van der Waals surface area contributed by atoms with Crippen LogP contribution < -0.4 is 0 Å². The normalized spacial score (nSPS) is 23.0. The van der Waals surface area contributed by atoms with Gasteiger partial charge in [0.15, 0.2) is 5.78 Å². The van der Waals surface area contributed by atoms with Crippen molar-refractivity contribution in [2.24, 2.45) is 5.92 Å². The standard InChI is InChI=1S/C22H18ClNO6/c23-14-7-5-13(6-8-14)18-12-29-20-11-15(9-10-17(20)21(18)25)30-22(26)16-3-1-2-4-19(16)24(27)28/h1-8,12,15,17,20H,9-11H2. The van der Waals surface area contributed by atoms with E-state index in [4.69, 9.17) is 21.1 Å². The molecular formula is C22H18ClNO6. The molecule has 4 rings (SSSR count). The van der Waals surface area contributed by atoms with E-state index in [2.05, 4.69) is 0 Å². The third-order valence-corrected chi connectivity index (χ3v) is 5.71. The van der Waals surface area contributed by atoms with Crippen LogP contribution in [-0.2, 0) is 14.3 Å². The molecule has 1 fully saturated rings. The van der Waals surface area contributed by atoms with Crippen LogP contribution >= 0.6 is 11.6 Å². The Balaban J connectivity index is 1.45. The van der Waals surface area contributed by atoms with Gasteiger partial charge < -0.3 is 9.47 Å². The molecule has 3 unspecified atom stereocenters. The highest BCUT2D eigenvalue weighted by atomic mass is 35.5. The summed E-state index contributed by atoms with van der Waals surface area (Å²) < 4.78 is 11.3. The highest BCUT2D eigenvalue weighted by molar-refractivity contribution is 6.30. The second-order valence-corrected chi connectivity index (χ2v) is 7.73. The number of benzene rings is 2. The second-order valence-electron chi connectivity index (χ2n) is 7.30. The number of Topliss-reactive ketones (excluding diaryl/α,β-unsaturated/α-hetero) is 1. The second kappa shape index (κ2) is 8.28. The van der Waals surface area contributed by atoms with Crippen molar-refractivity contribution in [1.82, 2.24) is 0 Å². The summed E-state index contributed by atoms with van der Waals surface area (Å²) in [6.07, 6.45) is 1.93. The fourth-order valence-corrected chi connectivity index (χ4v) is 4.05. The number of ether oxygens (including phenoxy) is 2. The average Bonchev–Trinajstić information content (AvgIpc) is 2.75. The van der Waals surface area contributed by atoms with E-state index >= 15 is 0 Å². The Kier molecular flexibility index (Phi) is 5.55. The van der Waals surface area contributed by atoms with E-state index in [1.807, 2.05) is 0 Å². The van der Waals surface area contributed by atoms with Gasteiger partial charge in [0, 0.05) is 17.5 Å². The molecule has 2 aromatic carbocycles. The molecular weight excluding hydrogens is 410 g/mol. The highest BCUT2D eigenvalue weighted by Gasteiger charge is 2.41. The molecule has 0 radical (unpaired) electrons. The van der Waals surface area contributed by atoms with Crippen molar-refractivity contribution in [2.45, 2.75) is 31.5 Å². The molecule has 0 aromatic heterocycles. The molecule has 1 aliphatic heterocycles. The Morgan fingerprint density at radius 1 is 1.13 bits per heavy atom. The van der Waals surface area contributed by atoms with Gasteiger partial charge in [-0.3, -0.25) is 14.9 Å². The van der Waals surface area contributed by atoms with Crippen LogP contribution in [0.4, 0.5) is 5.69 Å². The maximum absolute atomic E-state index is 13.0. The summed E-state index contributed by atoms with van der Waals surface area (Å²) >= 11 is 5.91. The zero-order valence-electron chi connectivity index (χ0n) is 15.8. The lowest BCUT2D eigenvalue weighted by Gasteiger charge is -2.37. The first-order chi connectivity index (χ1) is 14.4. The predicted molar refractivity (Wildman–Crippen MR) is 109 cm³/mol. The number of halogens is 1. The number of nitro benzene ring substituents is 1. The van der Waals surface area contributed by atoms with Crippen LogP contribution in [0.1, 0.15) is 35.2 Å². The molecule has 1 aliphatic carbocycles. The number of hydrogen-bond donors (Lipinski definition) is 0. The molecule has 154 valence electrons. The molecule has 1 heterocycles. The summed E-state index contributed by atoms with van der Waals surface area (Å²) in [5.74, 6) is -1.07. The monoisotopic (exact) mass is 427 g/mol. The number of rotatable bonds is 4. The van der Waals surface area contributed by atoms with Crippen LogP contribution in [0.15, 0.2) is 54.8 Å². The first-order valence-electron chi connectivity index (χ1n) is 9.54. The topological polar surface area (TPSA) is 95.7 Å². The van der Waals surface area contributed by atoms with Gasteiger partial charge in [0.25, 0.3) is 5.69 Å². The third-order valence-electron chi connectivity index (χ3n) is 5.46. The van der Waals surface area contributed by atoms with Gasteiger partial charge in [-0.15, -0.1) is 0 Å². The van der Waals surface area contributed by atoms with E-state index < -0.39 is 23.1 Å². The van der Waals surface area contributed by atoms with Gasteiger partial charge in [-0.1, -0.05) is 35.9 Å². The first-order valence-corrected chi connectivity index (χ1v) is 9.92. The lowest BCUT2D eigenvalue weighted by atomic mass is 9.78. The fraction of sp³-hybridized carbons (Fsp3) is 0.273. The molecule has 0 bridgehead atoms. The summed E-state index contributed by atoms with van der Waals surface area (Å²) in [5, 5.41) is 11.7. The number of esters is 1. The molecule has 8 heteroatoms. The molecule has 3 atom stereocenters. The molecule has 2 aliphatic rings. The van der Waals surface area contributed by atoms with Gasteiger partial charge in [0.2, 0.25) is 0 Å². The zero-order chi connectivity index (χ0) is 21.3. The average molecular weight is 428 g/mol. The molecule has 30 heavy (non-hydrogen) atoms. The fourth-order valence-electron chi connectivity index (χ4n) is 3.92. The third kappa shape index (κ3) is 3.93. The summed E-state index contributed by atoms with van der Waals surface area (Å²) in [6.45, 7) is 0. The minimum absolute atomic E-state index is 0.00274. The Hall–Kier alpha value is -3.19. The molecule has 0 N–H and O–H groups in total. The van der Waals surface area contributed by atoms with E-state index in [0.29, 0.717) is 29.9 Å². The number of carbonyl (C=O) groups excluding carboxylic acids is 2. The first kappa shape index (κ1) is 20.1. The summed E-state index contributed by atoms with van der Waals surface area (Å²) in [7, 11) is 0. The van der Waals surface area contributed by atoms with Crippen molar-refractivity contribution < 1.29 is 24.0 Å². The van der Waals surface area contributed by atoms with Gasteiger partial charge in [-0.25, -0.2) is 4.79 Å². The maximum atomic E-state index is 13.0. The SMILES string of the molecule is O=C(OC1CCC2C(=O)C(c3ccc(Cl)cc3)=COC2C1)c1ccccc1[N+](=O)[O-]. The van der Waals surface area contributed by atoms with Crippen LogP contribution in [0.2, 0.25) is 5.02 Å². The number of ketones is 1. The molecule has 7 nitrogen and oxygen atoms in total. The van der Waals surface area contributed by atoms with Crippen LogP contribution in [0.5, 0.6) is 0 Å². The van der Waals surface area contributed by atoms with E-state index in [0.717, 1.165) is 5.56 Å². The van der Waals surface area contributed by atoms with E-state index in [9.17, 15) is 19.7 Å². The Morgan fingerprint density at radius 3 is 2.60 bits per heavy atom. The highest BCUT2D eigenvalue weighted by Crippen LogP contribution is 2.37. The van der Waals surface area contributed by atoms with Crippen LogP contribution in [0, 0.1) is 16.0 Å². The Morgan fingerprint density at radius 2 is 1.87 bits per heavy atom. The van der Waals surface area contributed by atoms with Crippen molar-refractivity contribution in [3.8, 4) is 0 Å². The smallest absolute Gasteiger partial charge is 0.345 e. The number of hydrogen-bond acceptors (Lipinski definition) is 6. The number of nitrogens with zero attached hydrogens (tertiary/aromatic N) is 1. The van der Waals surface area contributed by atoms with Gasteiger partial charge in [0.05, 0.1) is 22.7 Å². The van der Waals surface area contributed by atoms with Gasteiger partial charge in [-0.2, -0.15) is 0 Å². The quantitative estimate of drug-likeness (QED) is 0.402. The van der Waals surface area contributed by atoms with Crippen LogP contribution in [0.3, 0.4) is 0 Å². The zero-order valence-corrected chi connectivity index (χ0v) is 16.6. The van der Waals surface area contributed by atoms with Crippen molar-refractivity contribution >= 4 is 34.6 Å². The lowest BCUT2D eigenvalue weighted by Crippen LogP contribution is -2.42. The lowest BCUT2D eigenvalue weighted by molar-refractivity contribution is -0.385. The van der Waals surface area contributed by atoms with Crippen molar-refractivity contribution in [3.63, 3.8) is 0 Å². The summed E-state index contributed by atoms with van der Waals surface area (Å²) in [6, 6.07) is 12.7. The molecule has 1 saturated carbocycles. The van der Waals surface area contributed by atoms with E-state index in [1.54, 1.807) is 30.3 Å². The maximum Gasteiger partial charge on any atom is 0.345 e. The summed E-state index contributed by atoms with van der Waals surface area (Å²) in [4.78, 5) is 35.9.